The number of aromatic nitrogens is 1. The second kappa shape index (κ2) is 6.98. The molecule has 16 heavy (non-hydrogen) atoms. The van der Waals surface area contributed by atoms with Crippen LogP contribution in [0.15, 0.2) is 12.1 Å². The number of pyridine rings is 1. The number of hydrogen-bond acceptors (Lipinski definition) is 2. The Kier molecular flexibility index (Phi) is 5.93. The zero-order valence-electron chi connectivity index (χ0n) is 10.00. The average Bonchev–Trinajstić information content (AvgIpc) is 2.29. The SMILES string of the molecule is CCCCCc1ccc2c(n1)NCCC2.[HH].[V]. The summed E-state index contributed by atoms with van der Waals surface area (Å²) in [5.41, 5.74) is 2.64. The summed E-state index contributed by atoms with van der Waals surface area (Å²) in [6, 6.07) is 4.44. The van der Waals surface area contributed by atoms with Gasteiger partial charge in [0, 0.05) is 32.2 Å². The number of anilines is 1. The molecular formula is C13H22N2V. The van der Waals surface area contributed by atoms with E-state index in [4.69, 9.17) is 0 Å². The van der Waals surface area contributed by atoms with E-state index in [1.54, 1.807) is 0 Å². The van der Waals surface area contributed by atoms with Gasteiger partial charge in [-0.05, 0) is 37.3 Å². The van der Waals surface area contributed by atoms with E-state index in [0.717, 1.165) is 18.8 Å². The summed E-state index contributed by atoms with van der Waals surface area (Å²) in [6.07, 6.45) is 7.41. The van der Waals surface area contributed by atoms with Gasteiger partial charge in [0.05, 0.1) is 0 Å². The van der Waals surface area contributed by atoms with E-state index in [9.17, 15) is 0 Å². The van der Waals surface area contributed by atoms with Crippen LogP contribution < -0.4 is 5.32 Å². The molecule has 89 valence electrons. The molecule has 0 spiro atoms. The summed E-state index contributed by atoms with van der Waals surface area (Å²) in [4.78, 5) is 4.67. The molecule has 2 rings (SSSR count). The molecule has 1 aromatic heterocycles. The molecule has 0 unspecified atom stereocenters. The normalized spacial score (nSPS) is 13.6. The van der Waals surface area contributed by atoms with Crippen LogP contribution in [0.5, 0.6) is 0 Å². The van der Waals surface area contributed by atoms with Crippen molar-refractivity contribution in [3.05, 3.63) is 23.4 Å². The Morgan fingerprint density at radius 3 is 3.06 bits per heavy atom. The molecule has 0 aliphatic carbocycles. The molecule has 1 aromatic rings. The van der Waals surface area contributed by atoms with Crippen molar-refractivity contribution in [2.75, 3.05) is 11.9 Å². The largest absolute Gasteiger partial charge is 0.370 e. The molecule has 0 aromatic carbocycles. The Balaban J connectivity index is 0.00000128. The van der Waals surface area contributed by atoms with E-state index in [2.05, 4.69) is 29.4 Å². The van der Waals surface area contributed by atoms with Crippen LogP contribution >= 0.6 is 0 Å². The zero-order valence-corrected chi connectivity index (χ0v) is 11.4. The maximum absolute atomic E-state index is 4.67. The van der Waals surface area contributed by atoms with Crippen molar-refractivity contribution in [1.29, 1.82) is 0 Å². The Labute approximate surface area is 112 Å². The van der Waals surface area contributed by atoms with E-state index in [1.165, 1.54) is 43.4 Å². The van der Waals surface area contributed by atoms with E-state index in [-0.39, 0.29) is 20.0 Å². The molecule has 2 heterocycles. The van der Waals surface area contributed by atoms with Gasteiger partial charge in [0.2, 0.25) is 0 Å². The third-order valence-electron chi connectivity index (χ3n) is 2.99. The van der Waals surface area contributed by atoms with E-state index in [1.807, 2.05) is 0 Å². The van der Waals surface area contributed by atoms with Crippen LogP contribution in [0.1, 0.15) is 45.3 Å². The van der Waals surface area contributed by atoms with Crippen LogP contribution in [-0.4, -0.2) is 11.5 Å². The molecule has 0 saturated heterocycles. The summed E-state index contributed by atoms with van der Waals surface area (Å²) < 4.78 is 0. The van der Waals surface area contributed by atoms with Gasteiger partial charge < -0.3 is 5.32 Å². The van der Waals surface area contributed by atoms with E-state index >= 15 is 0 Å². The first-order chi connectivity index (χ1) is 7.40. The molecule has 0 fully saturated rings. The molecule has 0 amide bonds. The molecule has 2 nitrogen and oxygen atoms in total. The second-order valence-electron chi connectivity index (χ2n) is 4.30. The fourth-order valence-electron chi connectivity index (χ4n) is 2.06. The number of nitrogens with zero attached hydrogens (tertiary/aromatic N) is 1. The third kappa shape index (κ3) is 3.53. The van der Waals surface area contributed by atoms with E-state index < -0.39 is 0 Å². The van der Waals surface area contributed by atoms with Crippen molar-refractivity contribution in [3.8, 4) is 0 Å². The molecule has 1 aliphatic rings. The zero-order chi connectivity index (χ0) is 10.5. The number of rotatable bonds is 4. The monoisotopic (exact) mass is 257 g/mol. The van der Waals surface area contributed by atoms with Gasteiger partial charge in [-0.1, -0.05) is 25.8 Å². The minimum absolute atomic E-state index is 0. The summed E-state index contributed by atoms with van der Waals surface area (Å²) >= 11 is 0. The van der Waals surface area contributed by atoms with Crippen LogP contribution in [0.4, 0.5) is 5.82 Å². The average molecular weight is 257 g/mol. The summed E-state index contributed by atoms with van der Waals surface area (Å²) in [7, 11) is 0. The predicted molar refractivity (Wildman–Crippen MR) is 66.4 cm³/mol. The maximum atomic E-state index is 4.67. The number of unbranched alkanes of at least 4 members (excludes halogenated alkanes) is 2. The quantitative estimate of drug-likeness (QED) is 0.836. The summed E-state index contributed by atoms with van der Waals surface area (Å²) in [6.45, 7) is 3.32. The van der Waals surface area contributed by atoms with Gasteiger partial charge in [0.25, 0.3) is 0 Å². The minimum Gasteiger partial charge on any atom is -0.370 e. The number of fused-ring (bicyclic) bond motifs is 1. The minimum atomic E-state index is 0. The van der Waals surface area contributed by atoms with Gasteiger partial charge in [-0.15, -0.1) is 0 Å². The van der Waals surface area contributed by atoms with Gasteiger partial charge in [-0.2, -0.15) is 0 Å². The maximum Gasteiger partial charge on any atom is 0.129 e. The van der Waals surface area contributed by atoms with Gasteiger partial charge in [-0.3, -0.25) is 0 Å². The smallest absolute Gasteiger partial charge is 0.129 e. The predicted octanol–water partition coefficient (Wildman–Crippen LogP) is 3.42. The Morgan fingerprint density at radius 1 is 1.38 bits per heavy atom. The number of hydrogen-bond donors (Lipinski definition) is 1. The van der Waals surface area contributed by atoms with Crippen LogP contribution in [-0.2, 0) is 31.4 Å². The Hall–Kier alpha value is -0.466. The molecule has 1 radical (unpaired) electrons. The van der Waals surface area contributed by atoms with E-state index in [0.29, 0.717) is 0 Å². The number of aryl methyl sites for hydroxylation is 2. The first kappa shape index (κ1) is 13.6. The third-order valence-corrected chi connectivity index (χ3v) is 2.99. The van der Waals surface area contributed by atoms with Gasteiger partial charge in [0.1, 0.15) is 5.82 Å². The fourth-order valence-corrected chi connectivity index (χ4v) is 2.06. The summed E-state index contributed by atoms with van der Waals surface area (Å²) in [5, 5.41) is 3.38. The Bertz CT molecular complexity index is 331. The second-order valence-corrected chi connectivity index (χ2v) is 4.30. The van der Waals surface area contributed by atoms with Gasteiger partial charge in [0.15, 0.2) is 0 Å². The molecule has 0 atom stereocenters. The van der Waals surface area contributed by atoms with Crippen LogP contribution in [0.3, 0.4) is 0 Å². The molecule has 0 bridgehead atoms. The standard InChI is InChI=1S/C13H20N2.V.H2/c1-2-3-4-7-12-9-8-11-6-5-10-14-13(11)15-12;;/h8-9H,2-7,10H2,1H3,(H,14,15);;1H. The van der Waals surface area contributed by atoms with Crippen molar-refractivity contribution >= 4 is 5.82 Å². The first-order valence-corrected chi connectivity index (χ1v) is 6.13. The van der Waals surface area contributed by atoms with Gasteiger partial charge >= 0.3 is 0 Å². The molecular weight excluding hydrogens is 235 g/mol. The topological polar surface area (TPSA) is 24.9 Å². The van der Waals surface area contributed by atoms with Crippen molar-refractivity contribution in [1.82, 2.24) is 4.98 Å². The molecule has 1 aliphatic heterocycles. The van der Waals surface area contributed by atoms with Crippen molar-refractivity contribution in [2.24, 2.45) is 0 Å². The number of nitrogens with one attached hydrogen (secondary N) is 1. The summed E-state index contributed by atoms with van der Waals surface area (Å²) in [5.74, 6) is 1.13. The molecule has 1 N–H and O–H groups in total. The first-order valence-electron chi connectivity index (χ1n) is 6.13. The molecule has 0 saturated carbocycles. The van der Waals surface area contributed by atoms with Crippen LogP contribution in [0.2, 0.25) is 0 Å². The van der Waals surface area contributed by atoms with Crippen LogP contribution in [0, 0.1) is 0 Å². The van der Waals surface area contributed by atoms with Crippen molar-refractivity contribution < 1.29 is 20.0 Å². The Morgan fingerprint density at radius 2 is 2.25 bits per heavy atom. The molecule has 3 heteroatoms. The van der Waals surface area contributed by atoms with Crippen LogP contribution in [0.25, 0.3) is 0 Å². The van der Waals surface area contributed by atoms with Crippen molar-refractivity contribution in [3.63, 3.8) is 0 Å². The fraction of sp³-hybridized carbons (Fsp3) is 0.615. The van der Waals surface area contributed by atoms with Gasteiger partial charge in [-0.25, -0.2) is 4.98 Å². The van der Waals surface area contributed by atoms with Crippen molar-refractivity contribution in [2.45, 2.75) is 45.4 Å².